The van der Waals surface area contributed by atoms with Crippen LogP contribution in [0.5, 0.6) is 0 Å². The molecule has 0 saturated carbocycles. The highest BCUT2D eigenvalue weighted by Crippen LogP contribution is 2.18. The second-order valence-corrected chi connectivity index (χ2v) is 5.19. The quantitative estimate of drug-likeness (QED) is 0.431. The van der Waals surface area contributed by atoms with Gasteiger partial charge >= 0.3 is 0 Å². The average Bonchev–Trinajstić information content (AvgIpc) is 2.89. The van der Waals surface area contributed by atoms with Crippen LogP contribution in [0.15, 0.2) is 43.1 Å². The molecule has 126 valence electrons. The molecule has 1 aromatic rings. The van der Waals surface area contributed by atoms with Gasteiger partial charge in [0, 0.05) is 24.3 Å². The van der Waals surface area contributed by atoms with E-state index < -0.39 is 10.8 Å². The number of non-ortho nitro benzene ring substituents is 1. The minimum atomic E-state index is -0.496. The lowest BCUT2D eigenvalue weighted by atomic mass is 10.0. The van der Waals surface area contributed by atoms with Crippen LogP contribution in [-0.4, -0.2) is 16.7 Å². The van der Waals surface area contributed by atoms with Crippen LogP contribution in [-0.2, 0) is 9.59 Å². The third kappa shape index (κ3) is 4.09. The lowest BCUT2D eigenvalue weighted by molar-refractivity contribution is -0.384. The topological polar surface area (TPSA) is 125 Å². The molecule has 0 aliphatic carbocycles. The minimum absolute atomic E-state index is 0.0285. The van der Waals surface area contributed by atoms with E-state index in [9.17, 15) is 19.7 Å². The molecule has 1 aromatic carbocycles. The third-order valence-electron chi connectivity index (χ3n) is 3.52. The summed E-state index contributed by atoms with van der Waals surface area (Å²) in [6, 6.07) is 5.75. The molecule has 0 spiro atoms. The summed E-state index contributed by atoms with van der Waals surface area (Å²) in [6.45, 7) is 7.44. The second-order valence-electron chi connectivity index (χ2n) is 5.19. The predicted octanol–water partition coefficient (Wildman–Crippen LogP) is 0.731. The van der Waals surface area contributed by atoms with Gasteiger partial charge in [-0.05, 0) is 24.1 Å². The Labute approximate surface area is 137 Å². The first-order valence-corrected chi connectivity index (χ1v) is 7.11. The van der Waals surface area contributed by atoms with Crippen molar-refractivity contribution in [2.75, 3.05) is 0 Å². The van der Waals surface area contributed by atoms with Gasteiger partial charge < -0.3 is 5.43 Å². The number of nitro benzene ring substituents is 1. The second kappa shape index (κ2) is 7.27. The molecule has 1 fully saturated rings. The first kappa shape index (κ1) is 17.0. The summed E-state index contributed by atoms with van der Waals surface area (Å²) in [7, 11) is 0. The van der Waals surface area contributed by atoms with Crippen molar-refractivity contribution in [2.24, 2.45) is 5.92 Å². The number of carbonyl (C=O) groups excluding carboxylic acids is 2. The van der Waals surface area contributed by atoms with Crippen LogP contribution in [0.25, 0.3) is 5.70 Å². The standard InChI is InChI=1S/C15H17N5O4/c1-9(11-3-5-12(6-4-11)20(23)24)16-18-14(21)8-7-13-10(2)17-19-15(13)22/h3-6,13,16-17H,1-2,7-8H2,(H,18,21)(H,19,22). The van der Waals surface area contributed by atoms with Crippen LogP contribution < -0.4 is 21.7 Å². The normalized spacial score (nSPS) is 16.1. The van der Waals surface area contributed by atoms with Gasteiger partial charge in [-0.15, -0.1) is 0 Å². The van der Waals surface area contributed by atoms with E-state index in [1.54, 1.807) is 0 Å². The number of hydrogen-bond acceptors (Lipinski definition) is 6. The van der Waals surface area contributed by atoms with E-state index in [0.717, 1.165) is 0 Å². The van der Waals surface area contributed by atoms with Crippen molar-refractivity contribution in [2.45, 2.75) is 12.8 Å². The van der Waals surface area contributed by atoms with Gasteiger partial charge in [0.15, 0.2) is 0 Å². The maximum Gasteiger partial charge on any atom is 0.269 e. The monoisotopic (exact) mass is 331 g/mol. The SMILES string of the molecule is C=C(NNC(=O)CCC1C(=C)NNC1=O)c1ccc([N+](=O)[O-])cc1. The highest BCUT2D eigenvalue weighted by Gasteiger charge is 2.28. The average molecular weight is 331 g/mol. The fraction of sp³-hybridized carbons (Fsp3) is 0.200. The van der Waals surface area contributed by atoms with E-state index in [1.807, 2.05) is 0 Å². The summed E-state index contributed by atoms with van der Waals surface area (Å²) in [6.07, 6.45) is 0.453. The molecule has 0 aromatic heterocycles. The lowest BCUT2D eigenvalue weighted by Gasteiger charge is -2.12. The molecule has 2 rings (SSSR count). The maximum atomic E-state index is 11.8. The highest BCUT2D eigenvalue weighted by molar-refractivity contribution is 5.84. The summed E-state index contributed by atoms with van der Waals surface area (Å²) >= 11 is 0. The number of rotatable bonds is 7. The Morgan fingerprint density at radius 1 is 1.25 bits per heavy atom. The Hall–Kier alpha value is -3.36. The molecule has 1 atom stereocenters. The molecule has 1 heterocycles. The number of carbonyl (C=O) groups is 2. The number of nitrogens with one attached hydrogen (secondary N) is 4. The zero-order chi connectivity index (χ0) is 17.7. The van der Waals surface area contributed by atoms with Gasteiger partial charge in [-0.3, -0.25) is 36.0 Å². The molecule has 0 bridgehead atoms. The van der Waals surface area contributed by atoms with Crippen molar-refractivity contribution in [3.05, 3.63) is 58.8 Å². The van der Waals surface area contributed by atoms with E-state index >= 15 is 0 Å². The van der Waals surface area contributed by atoms with Crippen LogP contribution in [0.2, 0.25) is 0 Å². The summed E-state index contributed by atoms with van der Waals surface area (Å²) in [5, 5.41) is 10.6. The molecule has 9 nitrogen and oxygen atoms in total. The summed E-state index contributed by atoms with van der Waals surface area (Å²) in [4.78, 5) is 33.4. The zero-order valence-electron chi connectivity index (χ0n) is 12.8. The molecule has 0 radical (unpaired) electrons. The van der Waals surface area contributed by atoms with Gasteiger partial charge in [0.25, 0.3) is 5.69 Å². The van der Waals surface area contributed by atoms with Crippen molar-refractivity contribution in [3.8, 4) is 0 Å². The summed E-state index contributed by atoms with van der Waals surface area (Å²) < 4.78 is 0. The molecule has 2 amide bonds. The Morgan fingerprint density at radius 3 is 2.46 bits per heavy atom. The fourth-order valence-corrected chi connectivity index (χ4v) is 2.12. The van der Waals surface area contributed by atoms with Crippen LogP contribution in [0, 0.1) is 16.0 Å². The van der Waals surface area contributed by atoms with Crippen molar-refractivity contribution in [3.63, 3.8) is 0 Å². The number of hydrogen-bond donors (Lipinski definition) is 4. The molecule has 1 aliphatic rings. The van der Waals surface area contributed by atoms with Crippen molar-refractivity contribution in [1.82, 2.24) is 21.7 Å². The van der Waals surface area contributed by atoms with Crippen LogP contribution >= 0.6 is 0 Å². The van der Waals surface area contributed by atoms with Crippen LogP contribution in [0.1, 0.15) is 18.4 Å². The van der Waals surface area contributed by atoms with Crippen molar-refractivity contribution >= 4 is 23.2 Å². The molecule has 1 aliphatic heterocycles. The molecule has 4 N–H and O–H groups in total. The van der Waals surface area contributed by atoms with Gasteiger partial charge in [0.1, 0.15) is 0 Å². The third-order valence-corrected chi connectivity index (χ3v) is 3.52. The molecule has 9 heteroatoms. The Morgan fingerprint density at radius 2 is 1.92 bits per heavy atom. The van der Waals surface area contributed by atoms with E-state index in [4.69, 9.17) is 0 Å². The molecular formula is C15H17N5O4. The van der Waals surface area contributed by atoms with Gasteiger partial charge in [-0.1, -0.05) is 13.2 Å². The lowest BCUT2D eigenvalue weighted by Crippen LogP contribution is -2.36. The van der Waals surface area contributed by atoms with Gasteiger partial charge in [0.2, 0.25) is 11.8 Å². The molecule has 24 heavy (non-hydrogen) atoms. The largest absolute Gasteiger partial charge is 0.303 e. The van der Waals surface area contributed by atoms with Crippen molar-refractivity contribution in [1.29, 1.82) is 0 Å². The first-order chi connectivity index (χ1) is 11.4. The minimum Gasteiger partial charge on any atom is -0.303 e. The summed E-state index contributed by atoms with van der Waals surface area (Å²) in [5.41, 5.74) is 11.7. The first-order valence-electron chi connectivity index (χ1n) is 7.11. The fourth-order valence-electron chi connectivity index (χ4n) is 2.12. The zero-order valence-corrected chi connectivity index (χ0v) is 12.8. The maximum absolute atomic E-state index is 11.8. The predicted molar refractivity (Wildman–Crippen MR) is 86.6 cm³/mol. The van der Waals surface area contributed by atoms with Gasteiger partial charge in [-0.25, -0.2) is 0 Å². The van der Waals surface area contributed by atoms with E-state index in [-0.39, 0.29) is 23.9 Å². The Bertz CT molecular complexity index is 682. The Balaban J connectivity index is 1.78. The van der Waals surface area contributed by atoms with Gasteiger partial charge in [-0.2, -0.15) is 0 Å². The number of nitro groups is 1. The molecule has 1 unspecified atom stereocenters. The van der Waals surface area contributed by atoms with Crippen molar-refractivity contribution < 1.29 is 14.5 Å². The van der Waals surface area contributed by atoms with Crippen LogP contribution in [0.4, 0.5) is 5.69 Å². The number of amides is 2. The van der Waals surface area contributed by atoms with Gasteiger partial charge in [0.05, 0.1) is 16.5 Å². The van der Waals surface area contributed by atoms with E-state index in [0.29, 0.717) is 23.4 Å². The highest BCUT2D eigenvalue weighted by atomic mass is 16.6. The number of benzene rings is 1. The molecule has 1 saturated heterocycles. The van der Waals surface area contributed by atoms with Crippen LogP contribution in [0.3, 0.4) is 0 Å². The summed E-state index contributed by atoms with van der Waals surface area (Å²) in [5.74, 6) is -0.963. The smallest absolute Gasteiger partial charge is 0.269 e. The number of nitrogens with zero attached hydrogens (tertiary/aromatic N) is 1. The van der Waals surface area contributed by atoms with E-state index in [2.05, 4.69) is 34.9 Å². The Kier molecular flexibility index (Phi) is 5.15. The van der Waals surface area contributed by atoms with E-state index in [1.165, 1.54) is 24.3 Å². The number of hydrazine groups is 2. The molecular weight excluding hydrogens is 314 g/mol.